The maximum atomic E-state index is 6.14. The van der Waals surface area contributed by atoms with Gasteiger partial charge in [0.25, 0.3) is 0 Å². The van der Waals surface area contributed by atoms with Gasteiger partial charge >= 0.3 is 0 Å². The van der Waals surface area contributed by atoms with Crippen LogP contribution in [-0.4, -0.2) is 9.97 Å². The maximum absolute atomic E-state index is 6.14. The molecule has 0 spiro atoms. The van der Waals surface area contributed by atoms with Gasteiger partial charge in [-0.1, -0.05) is 19.9 Å². The van der Waals surface area contributed by atoms with Crippen LogP contribution < -0.4 is 5.73 Å². The first kappa shape index (κ1) is 12.3. The van der Waals surface area contributed by atoms with Crippen molar-refractivity contribution in [3.05, 3.63) is 29.0 Å². The van der Waals surface area contributed by atoms with Crippen molar-refractivity contribution < 1.29 is 0 Å². The Morgan fingerprint density at radius 3 is 2.82 bits per heavy atom. The average molecular weight is 249 g/mol. The van der Waals surface area contributed by atoms with Gasteiger partial charge in [0.05, 0.1) is 10.9 Å². The smallest absolute Gasteiger partial charge is 0.124 e. The monoisotopic (exact) mass is 249 g/mol. The third kappa shape index (κ3) is 2.76. The maximum Gasteiger partial charge on any atom is 0.124 e. The fraction of sp³-hybridized carbons (Fsp3) is 0.462. The third-order valence-electron chi connectivity index (χ3n) is 2.73. The average Bonchev–Trinajstić information content (AvgIpc) is 2.84. The predicted octanol–water partition coefficient (Wildman–Crippen LogP) is 3.49. The molecule has 0 amide bonds. The summed E-state index contributed by atoms with van der Waals surface area (Å²) in [5, 5.41) is 2.07. The standard InChI is InChI=1S/C13H19N3S/c1-8(2)7-10(14)13-15-9(3)12(16-13)11-5-4-6-17-11/h4-6,8,10H,7,14H2,1-3H3,(H,15,16). The summed E-state index contributed by atoms with van der Waals surface area (Å²) in [6.07, 6.45) is 0.955. The normalized spacial score (nSPS) is 13.2. The molecule has 0 aliphatic heterocycles. The molecule has 17 heavy (non-hydrogen) atoms. The zero-order chi connectivity index (χ0) is 12.4. The van der Waals surface area contributed by atoms with Gasteiger partial charge in [-0.15, -0.1) is 11.3 Å². The minimum atomic E-state index is 0.00223. The van der Waals surface area contributed by atoms with Crippen LogP contribution in [0.2, 0.25) is 0 Å². The first-order valence-corrected chi connectivity index (χ1v) is 6.82. The Kier molecular flexibility index (Phi) is 3.64. The molecule has 92 valence electrons. The second-order valence-electron chi connectivity index (χ2n) is 4.81. The van der Waals surface area contributed by atoms with Gasteiger partial charge in [-0.25, -0.2) is 4.98 Å². The van der Waals surface area contributed by atoms with E-state index in [1.165, 1.54) is 4.88 Å². The Morgan fingerprint density at radius 1 is 1.47 bits per heavy atom. The second kappa shape index (κ2) is 5.02. The lowest BCUT2D eigenvalue weighted by Crippen LogP contribution is -2.14. The molecule has 0 radical (unpaired) electrons. The molecule has 3 nitrogen and oxygen atoms in total. The summed E-state index contributed by atoms with van der Waals surface area (Å²) < 4.78 is 0. The van der Waals surface area contributed by atoms with E-state index in [0.717, 1.165) is 23.6 Å². The van der Waals surface area contributed by atoms with Crippen LogP contribution in [0.4, 0.5) is 0 Å². The van der Waals surface area contributed by atoms with Gasteiger partial charge in [0.2, 0.25) is 0 Å². The van der Waals surface area contributed by atoms with Crippen molar-refractivity contribution >= 4 is 11.3 Å². The number of imidazole rings is 1. The Balaban J connectivity index is 2.25. The van der Waals surface area contributed by atoms with Crippen LogP contribution in [0.3, 0.4) is 0 Å². The number of thiophene rings is 1. The minimum absolute atomic E-state index is 0.00223. The highest BCUT2D eigenvalue weighted by molar-refractivity contribution is 7.13. The molecule has 2 aromatic heterocycles. The number of H-pyrrole nitrogens is 1. The quantitative estimate of drug-likeness (QED) is 0.871. The summed E-state index contributed by atoms with van der Waals surface area (Å²) in [4.78, 5) is 9.14. The van der Waals surface area contributed by atoms with E-state index in [-0.39, 0.29) is 6.04 Å². The highest BCUT2D eigenvalue weighted by Gasteiger charge is 2.15. The number of rotatable bonds is 4. The highest BCUT2D eigenvalue weighted by Crippen LogP contribution is 2.27. The van der Waals surface area contributed by atoms with Crippen molar-refractivity contribution in [1.29, 1.82) is 0 Å². The van der Waals surface area contributed by atoms with Crippen LogP contribution >= 0.6 is 11.3 Å². The summed E-state index contributed by atoms with van der Waals surface area (Å²) in [6, 6.07) is 4.13. The molecule has 3 N–H and O–H groups in total. The van der Waals surface area contributed by atoms with Crippen LogP contribution in [0.5, 0.6) is 0 Å². The zero-order valence-corrected chi connectivity index (χ0v) is 11.3. The van der Waals surface area contributed by atoms with Gasteiger partial charge in [-0.05, 0) is 30.7 Å². The van der Waals surface area contributed by atoms with E-state index in [1.807, 2.05) is 13.0 Å². The first-order valence-electron chi connectivity index (χ1n) is 5.94. The Morgan fingerprint density at radius 2 is 2.24 bits per heavy atom. The lowest BCUT2D eigenvalue weighted by Gasteiger charge is -2.10. The van der Waals surface area contributed by atoms with E-state index in [9.17, 15) is 0 Å². The van der Waals surface area contributed by atoms with Crippen molar-refractivity contribution in [3.63, 3.8) is 0 Å². The summed E-state index contributed by atoms with van der Waals surface area (Å²) in [7, 11) is 0. The van der Waals surface area contributed by atoms with Crippen molar-refractivity contribution in [1.82, 2.24) is 9.97 Å². The molecule has 1 unspecified atom stereocenters. The van der Waals surface area contributed by atoms with E-state index in [4.69, 9.17) is 5.73 Å². The first-order chi connectivity index (χ1) is 8.08. The molecule has 0 aromatic carbocycles. The molecule has 4 heteroatoms. The number of nitrogens with two attached hydrogens (primary N) is 1. The second-order valence-corrected chi connectivity index (χ2v) is 5.76. The molecule has 1 atom stereocenters. The van der Waals surface area contributed by atoms with E-state index in [2.05, 4.69) is 35.3 Å². The topological polar surface area (TPSA) is 54.7 Å². The van der Waals surface area contributed by atoms with Crippen molar-refractivity contribution in [3.8, 4) is 10.6 Å². The van der Waals surface area contributed by atoms with Gasteiger partial charge in [-0.3, -0.25) is 0 Å². The van der Waals surface area contributed by atoms with Crippen LogP contribution in [0.1, 0.15) is 37.8 Å². The van der Waals surface area contributed by atoms with Crippen molar-refractivity contribution in [2.24, 2.45) is 11.7 Å². The summed E-state index contributed by atoms with van der Waals surface area (Å²) in [5.41, 5.74) is 8.28. The van der Waals surface area contributed by atoms with E-state index in [1.54, 1.807) is 11.3 Å². The van der Waals surface area contributed by atoms with Crippen LogP contribution in [0.15, 0.2) is 17.5 Å². The number of aromatic nitrogens is 2. The predicted molar refractivity (Wildman–Crippen MR) is 73.0 cm³/mol. The van der Waals surface area contributed by atoms with Gasteiger partial charge in [0.15, 0.2) is 0 Å². The number of aryl methyl sites for hydroxylation is 1. The Bertz CT molecular complexity index is 471. The number of aromatic amines is 1. The van der Waals surface area contributed by atoms with Gasteiger partial charge in [0.1, 0.15) is 11.5 Å². The molecular formula is C13H19N3S. The molecule has 0 bridgehead atoms. The van der Waals surface area contributed by atoms with E-state index in [0.29, 0.717) is 5.92 Å². The van der Waals surface area contributed by atoms with E-state index >= 15 is 0 Å². The fourth-order valence-electron chi connectivity index (χ4n) is 1.93. The van der Waals surface area contributed by atoms with Crippen LogP contribution in [0.25, 0.3) is 10.6 Å². The molecule has 0 aliphatic carbocycles. The molecule has 2 aromatic rings. The SMILES string of the molecule is Cc1[nH]c(C(N)CC(C)C)nc1-c1cccs1. The number of nitrogens with one attached hydrogen (secondary N) is 1. The molecule has 2 rings (SSSR count). The minimum Gasteiger partial charge on any atom is -0.344 e. The van der Waals surface area contributed by atoms with E-state index < -0.39 is 0 Å². The molecule has 0 aliphatic rings. The molecular weight excluding hydrogens is 230 g/mol. The van der Waals surface area contributed by atoms with Gasteiger partial charge < -0.3 is 10.7 Å². The van der Waals surface area contributed by atoms with Crippen molar-refractivity contribution in [2.75, 3.05) is 0 Å². The highest BCUT2D eigenvalue weighted by atomic mass is 32.1. The lowest BCUT2D eigenvalue weighted by molar-refractivity contribution is 0.495. The number of hydrogen-bond acceptors (Lipinski definition) is 3. The molecule has 0 saturated carbocycles. The third-order valence-corrected chi connectivity index (χ3v) is 3.61. The van der Waals surface area contributed by atoms with Gasteiger partial charge in [0, 0.05) is 5.69 Å². The summed E-state index contributed by atoms with van der Waals surface area (Å²) in [5.74, 6) is 1.49. The summed E-state index contributed by atoms with van der Waals surface area (Å²) >= 11 is 1.71. The molecule has 2 heterocycles. The molecule has 0 saturated heterocycles. The lowest BCUT2D eigenvalue weighted by atomic mass is 10.0. The summed E-state index contributed by atoms with van der Waals surface area (Å²) in [6.45, 7) is 6.40. The van der Waals surface area contributed by atoms with Crippen molar-refractivity contribution in [2.45, 2.75) is 33.2 Å². The largest absolute Gasteiger partial charge is 0.344 e. The van der Waals surface area contributed by atoms with Crippen LogP contribution in [0, 0.1) is 12.8 Å². The number of nitrogens with zero attached hydrogens (tertiary/aromatic N) is 1. The number of hydrogen-bond donors (Lipinski definition) is 2. The van der Waals surface area contributed by atoms with Crippen LogP contribution in [-0.2, 0) is 0 Å². The molecule has 0 fully saturated rings. The zero-order valence-electron chi connectivity index (χ0n) is 10.5. The fourth-order valence-corrected chi connectivity index (χ4v) is 2.70. The Labute approximate surface area is 106 Å². The Hall–Kier alpha value is -1.13. The van der Waals surface area contributed by atoms with Gasteiger partial charge in [-0.2, -0.15) is 0 Å².